The van der Waals surface area contributed by atoms with Crippen LogP contribution in [0, 0.1) is 0 Å². The van der Waals surface area contributed by atoms with Gasteiger partial charge in [0.05, 0.1) is 10.0 Å². The Balaban J connectivity index is 1.66. The lowest BCUT2D eigenvalue weighted by atomic mass is 9.87. The van der Waals surface area contributed by atoms with Gasteiger partial charge in [-0.1, -0.05) is 83.9 Å². The fourth-order valence-corrected chi connectivity index (χ4v) is 8.12. The minimum atomic E-state index is 0.545. The van der Waals surface area contributed by atoms with Crippen molar-refractivity contribution in [2.45, 2.75) is 51.4 Å². The summed E-state index contributed by atoms with van der Waals surface area (Å²) in [6, 6.07) is 25.6. The molecule has 6 aromatic carbocycles. The van der Waals surface area contributed by atoms with E-state index in [1.807, 2.05) is 12.1 Å². The second kappa shape index (κ2) is 17.9. The molecule has 0 aromatic heterocycles. The average Bonchev–Trinajstić information content (AvgIpc) is 3.15. The van der Waals surface area contributed by atoms with E-state index in [2.05, 4.69) is 60.7 Å². The van der Waals surface area contributed by atoms with Gasteiger partial charge >= 0.3 is 0 Å². The first kappa shape index (κ1) is 37.3. The van der Waals surface area contributed by atoms with E-state index in [-0.39, 0.29) is 0 Å². The maximum Gasteiger partial charge on any atom is 0.154 e. The topological polar surface area (TPSA) is 46.2 Å². The van der Waals surface area contributed by atoms with Crippen LogP contribution in [0.25, 0.3) is 43.1 Å². The van der Waals surface area contributed by atoms with E-state index in [1.54, 1.807) is 28.4 Å². The molecule has 5 nitrogen and oxygen atoms in total. The number of methoxy groups -OCH3 is 4. The lowest BCUT2D eigenvalue weighted by molar-refractivity contribution is 0.195. The van der Waals surface area contributed by atoms with E-state index in [0.29, 0.717) is 48.0 Å². The summed E-state index contributed by atoms with van der Waals surface area (Å²) in [4.78, 5) is 0. The van der Waals surface area contributed by atoms with Gasteiger partial charge < -0.3 is 23.7 Å². The summed E-state index contributed by atoms with van der Waals surface area (Å²) in [5, 5.41) is 10.3. The number of halogens is 2. The van der Waals surface area contributed by atoms with Crippen molar-refractivity contribution in [1.82, 2.24) is 0 Å². The molecule has 0 fully saturated rings. The van der Waals surface area contributed by atoms with Crippen molar-refractivity contribution in [2.24, 2.45) is 0 Å². The number of aryl methyl sites for hydroxylation is 4. The third-order valence-corrected chi connectivity index (χ3v) is 10.5. The van der Waals surface area contributed by atoms with Crippen molar-refractivity contribution in [2.75, 3.05) is 54.9 Å². The molecule has 0 atom stereocenters. The summed E-state index contributed by atoms with van der Waals surface area (Å²) in [5.74, 6) is 1.26. The standard InChI is InChI=1S/C44H48Cl2O5/c1-47-25-9-17-33-29-13-5-7-15-31(29)35(19-11-27-49-3)41-37(33)21-23-39(45)43(41)51-44-40(46)24-22-38-34(18-10-26-48-2)30-14-6-8-16-32(30)36(42(38)44)20-12-28-50-4/h5-8,13-16,21-24H,9-12,17-20,25-28H2,1-4H3. The molecule has 0 aliphatic heterocycles. The van der Waals surface area contributed by atoms with Crippen molar-refractivity contribution in [3.8, 4) is 11.5 Å². The Hall–Kier alpha value is -3.42. The first-order valence-electron chi connectivity index (χ1n) is 18.0. The van der Waals surface area contributed by atoms with E-state index in [4.69, 9.17) is 46.9 Å². The smallest absolute Gasteiger partial charge is 0.154 e. The average molecular weight is 728 g/mol. The van der Waals surface area contributed by atoms with E-state index < -0.39 is 0 Å². The summed E-state index contributed by atoms with van der Waals surface area (Å²) in [6.45, 7) is 2.67. The normalized spacial score (nSPS) is 11.8. The summed E-state index contributed by atoms with van der Waals surface area (Å²) >= 11 is 14.5. The number of hydrogen-bond donors (Lipinski definition) is 0. The zero-order valence-corrected chi connectivity index (χ0v) is 31.7. The van der Waals surface area contributed by atoms with Crippen molar-refractivity contribution >= 4 is 66.3 Å². The molecular weight excluding hydrogens is 679 g/mol. The Morgan fingerprint density at radius 1 is 0.392 bits per heavy atom. The maximum absolute atomic E-state index is 7.24. The molecule has 6 rings (SSSR count). The lowest BCUT2D eigenvalue weighted by Gasteiger charge is -2.23. The van der Waals surface area contributed by atoms with Crippen molar-refractivity contribution < 1.29 is 23.7 Å². The molecule has 0 radical (unpaired) electrons. The van der Waals surface area contributed by atoms with Crippen LogP contribution in [0.5, 0.6) is 11.5 Å². The van der Waals surface area contributed by atoms with Crippen molar-refractivity contribution in [3.05, 3.63) is 105 Å². The highest BCUT2D eigenvalue weighted by Gasteiger charge is 2.24. The SMILES string of the molecule is COCCCc1c2ccccc2c(CCCOC)c2c(Oc3c(Cl)ccc4c(CCCOC)c5ccccc5c(CCCOC)c34)c(Cl)ccc12. The quantitative estimate of drug-likeness (QED) is 0.0652. The predicted octanol–water partition coefficient (Wildman–Crippen LogP) is 11.7. The summed E-state index contributed by atoms with van der Waals surface area (Å²) < 4.78 is 29.2. The molecule has 51 heavy (non-hydrogen) atoms. The predicted molar refractivity (Wildman–Crippen MR) is 214 cm³/mol. The van der Waals surface area contributed by atoms with Gasteiger partial charge in [-0.2, -0.15) is 0 Å². The zero-order chi connectivity index (χ0) is 35.7. The molecule has 0 bridgehead atoms. The molecule has 0 aliphatic carbocycles. The lowest BCUT2D eigenvalue weighted by Crippen LogP contribution is -2.03. The second-order valence-corrected chi connectivity index (χ2v) is 13.9. The molecule has 6 aromatic rings. The Morgan fingerprint density at radius 2 is 0.706 bits per heavy atom. The highest BCUT2D eigenvalue weighted by atomic mass is 35.5. The highest BCUT2D eigenvalue weighted by molar-refractivity contribution is 6.35. The van der Waals surface area contributed by atoms with E-state index >= 15 is 0 Å². The highest BCUT2D eigenvalue weighted by Crippen LogP contribution is 2.49. The van der Waals surface area contributed by atoms with Gasteiger partial charge in [0.25, 0.3) is 0 Å². The van der Waals surface area contributed by atoms with Crippen LogP contribution in [0.4, 0.5) is 0 Å². The van der Waals surface area contributed by atoms with Crippen LogP contribution in [0.1, 0.15) is 47.9 Å². The molecule has 0 N–H and O–H groups in total. The molecule has 0 saturated carbocycles. The molecular formula is C44H48Cl2O5. The Kier molecular flexibility index (Phi) is 13.1. The number of hydrogen-bond acceptors (Lipinski definition) is 5. The minimum absolute atomic E-state index is 0.545. The monoisotopic (exact) mass is 726 g/mol. The van der Waals surface area contributed by atoms with Crippen LogP contribution in [-0.4, -0.2) is 54.9 Å². The van der Waals surface area contributed by atoms with Crippen LogP contribution in [0.2, 0.25) is 10.0 Å². The molecule has 0 unspecified atom stereocenters. The van der Waals surface area contributed by atoms with E-state index in [0.717, 1.165) is 72.9 Å². The van der Waals surface area contributed by atoms with Gasteiger partial charge in [0.2, 0.25) is 0 Å². The molecule has 0 heterocycles. The Morgan fingerprint density at radius 3 is 1.04 bits per heavy atom. The first-order chi connectivity index (χ1) is 25.0. The fraction of sp³-hybridized carbons (Fsp3) is 0.364. The summed E-state index contributed by atoms with van der Waals surface area (Å²) in [7, 11) is 7.01. The largest absolute Gasteiger partial charge is 0.453 e. The van der Waals surface area contributed by atoms with E-state index in [1.165, 1.54) is 43.8 Å². The summed E-state index contributed by atoms with van der Waals surface area (Å²) in [6.07, 6.45) is 6.85. The van der Waals surface area contributed by atoms with Gasteiger partial charge in [-0.3, -0.25) is 0 Å². The summed E-state index contributed by atoms with van der Waals surface area (Å²) in [5.41, 5.74) is 4.94. The van der Waals surface area contributed by atoms with Gasteiger partial charge in [-0.25, -0.2) is 0 Å². The third kappa shape index (κ3) is 7.85. The molecule has 0 aliphatic rings. The molecule has 0 saturated heterocycles. The van der Waals surface area contributed by atoms with Gasteiger partial charge in [-0.05, 0) is 118 Å². The number of fused-ring (bicyclic) bond motifs is 4. The van der Waals surface area contributed by atoms with Gasteiger partial charge in [-0.15, -0.1) is 0 Å². The van der Waals surface area contributed by atoms with Gasteiger partial charge in [0.1, 0.15) is 0 Å². The van der Waals surface area contributed by atoms with Crippen LogP contribution in [0.3, 0.4) is 0 Å². The maximum atomic E-state index is 7.24. The molecule has 0 amide bonds. The van der Waals surface area contributed by atoms with Crippen LogP contribution >= 0.6 is 23.2 Å². The Labute approximate surface area is 311 Å². The van der Waals surface area contributed by atoms with Crippen LogP contribution in [0.15, 0.2) is 72.8 Å². The van der Waals surface area contributed by atoms with E-state index in [9.17, 15) is 0 Å². The Bertz CT molecular complexity index is 1970. The number of benzene rings is 6. The number of rotatable bonds is 18. The molecule has 7 heteroatoms. The van der Waals surface area contributed by atoms with Crippen molar-refractivity contribution in [3.63, 3.8) is 0 Å². The fourth-order valence-electron chi connectivity index (χ4n) is 7.73. The third-order valence-electron chi connectivity index (χ3n) is 9.93. The van der Waals surface area contributed by atoms with Gasteiger partial charge in [0.15, 0.2) is 11.5 Å². The van der Waals surface area contributed by atoms with Crippen molar-refractivity contribution in [1.29, 1.82) is 0 Å². The number of ether oxygens (including phenoxy) is 5. The van der Waals surface area contributed by atoms with Gasteiger partial charge in [0, 0.05) is 65.6 Å². The first-order valence-corrected chi connectivity index (χ1v) is 18.7. The molecule has 0 spiro atoms. The minimum Gasteiger partial charge on any atom is -0.453 e. The zero-order valence-electron chi connectivity index (χ0n) is 30.2. The van der Waals surface area contributed by atoms with Crippen LogP contribution in [-0.2, 0) is 44.6 Å². The molecule has 268 valence electrons. The van der Waals surface area contributed by atoms with Crippen LogP contribution < -0.4 is 4.74 Å². The second-order valence-electron chi connectivity index (χ2n) is 13.1.